The maximum Gasteiger partial charge on any atom is 0.269 e. The Balaban J connectivity index is 1.83. The van der Waals surface area contributed by atoms with Crippen LogP contribution in [0.3, 0.4) is 0 Å². The molecule has 0 unspecified atom stereocenters. The molecule has 0 atom stereocenters. The molecule has 0 bridgehead atoms. The van der Waals surface area contributed by atoms with Crippen LogP contribution in [0.15, 0.2) is 52.9 Å². The molecule has 0 spiro atoms. The average Bonchev–Trinajstić information content (AvgIpc) is 3.06. The van der Waals surface area contributed by atoms with E-state index in [-0.39, 0.29) is 28.3 Å². The minimum atomic E-state index is -0.484. The first kappa shape index (κ1) is 15.8. The number of hydrogen-bond acceptors (Lipinski definition) is 5. The van der Waals surface area contributed by atoms with Crippen molar-refractivity contribution in [3.05, 3.63) is 75.9 Å². The number of halogens is 2. The van der Waals surface area contributed by atoms with Crippen LogP contribution in [-0.4, -0.2) is 15.1 Å². The highest BCUT2D eigenvalue weighted by atomic mass is 35.5. The van der Waals surface area contributed by atoms with E-state index in [2.05, 4.69) is 10.2 Å². The van der Waals surface area contributed by atoms with E-state index in [9.17, 15) is 14.5 Å². The van der Waals surface area contributed by atoms with Crippen LogP contribution in [0.2, 0.25) is 0 Å². The van der Waals surface area contributed by atoms with Gasteiger partial charge in [0.1, 0.15) is 10.8 Å². The van der Waals surface area contributed by atoms with Crippen molar-refractivity contribution in [3.8, 4) is 11.5 Å². The Morgan fingerprint density at radius 2 is 1.79 bits per heavy atom. The van der Waals surface area contributed by atoms with Crippen molar-refractivity contribution in [2.24, 2.45) is 0 Å². The van der Waals surface area contributed by atoms with Gasteiger partial charge in [0.05, 0.1) is 4.92 Å². The maximum atomic E-state index is 12.9. The van der Waals surface area contributed by atoms with E-state index >= 15 is 0 Å². The van der Waals surface area contributed by atoms with Gasteiger partial charge >= 0.3 is 0 Å². The minimum absolute atomic E-state index is 0.0142. The first-order valence-corrected chi connectivity index (χ1v) is 7.12. The van der Waals surface area contributed by atoms with Gasteiger partial charge in [-0.25, -0.2) is 4.39 Å². The lowest BCUT2D eigenvalue weighted by molar-refractivity contribution is -0.384. The van der Waals surface area contributed by atoms with Crippen LogP contribution < -0.4 is 0 Å². The maximum absolute atomic E-state index is 12.9. The van der Waals surface area contributed by atoms with Gasteiger partial charge in [-0.15, -0.1) is 10.2 Å². The van der Waals surface area contributed by atoms with Gasteiger partial charge < -0.3 is 4.42 Å². The lowest BCUT2D eigenvalue weighted by Crippen LogP contribution is -1.86. The number of nitrogens with zero attached hydrogens (tertiary/aromatic N) is 3. The van der Waals surface area contributed by atoms with Gasteiger partial charge in [-0.2, -0.15) is 0 Å². The summed E-state index contributed by atoms with van der Waals surface area (Å²) in [6, 6.07) is 11.4. The van der Waals surface area contributed by atoms with E-state index < -0.39 is 4.92 Å². The monoisotopic (exact) mass is 345 g/mol. The smallest absolute Gasteiger partial charge is 0.269 e. The fraction of sp³-hybridized carbons (Fsp3) is 0. The molecule has 0 aliphatic heterocycles. The normalized spacial score (nSPS) is 11.5. The number of nitro groups is 1. The Kier molecular flexibility index (Phi) is 4.35. The van der Waals surface area contributed by atoms with Crippen LogP contribution in [0.1, 0.15) is 11.5 Å². The summed E-state index contributed by atoms with van der Waals surface area (Å²) in [5.41, 5.74) is 1.20. The molecule has 0 fully saturated rings. The van der Waals surface area contributed by atoms with Crippen LogP contribution in [-0.2, 0) is 0 Å². The first-order valence-electron chi connectivity index (χ1n) is 6.74. The zero-order valence-corrected chi connectivity index (χ0v) is 12.8. The third-order valence-corrected chi connectivity index (χ3v) is 3.39. The molecule has 24 heavy (non-hydrogen) atoms. The van der Waals surface area contributed by atoms with Crippen molar-refractivity contribution in [2.45, 2.75) is 0 Å². The number of benzene rings is 2. The molecule has 3 aromatic rings. The van der Waals surface area contributed by atoms with Crippen LogP contribution in [0.4, 0.5) is 10.1 Å². The molecule has 3 rings (SSSR count). The number of non-ortho nitro benzene ring substituents is 1. The van der Waals surface area contributed by atoms with Crippen molar-refractivity contribution in [2.75, 3.05) is 0 Å². The summed E-state index contributed by atoms with van der Waals surface area (Å²) in [7, 11) is 0. The van der Waals surface area contributed by atoms with Crippen LogP contribution >= 0.6 is 11.6 Å². The molecule has 0 aliphatic rings. The molecule has 8 heteroatoms. The number of nitro benzene ring substituents is 1. The third-order valence-electron chi connectivity index (χ3n) is 3.12. The lowest BCUT2D eigenvalue weighted by Gasteiger charge is -1.96. The zero-order valence-electron chi connectivity index (χ0n) is 12.0. The van der Waals surface area contributed by atoms with E-state index in [1.54, 1.807) is 18.2 Å². The topological polar surface area (TPSA) is 82.1 Å². The molecule has 0 saturated heterocycles. The van der Waals surface area contributed by atoms with Gasteiger partial charge in [0.25, 0.3) is 11.6 Å². The van der Waals surface area contributed by atoms with Crippen LogP contribution in [0.5, 0.6) is 0 Å². The molecule has 0 N–H and O–H groups in total. The highest BCUT2D eigenvalue weighted by Gasteiger charge is 2.12. The molecule has 1 heterocycles. The molecule has 0 aliphatic carbocycles. The lowest BCUT2D eigenvalue weighted by atomic mass is 10.2. The second-order valence-corrected chi connectivity index (χ2v) is 5.17. The van der Waals surface area contributed by atoms with E-state index in [1.807, 2.05) is 0 Å². The summed E-state index contributed by atoms with van der Waals surface area (Å²) in [5, 5.41) is 18.5. The third kappa shape index (κ3) is 3.47. The molecule has 1 aromatic heterocycles. The summed E-state index contributed by atoms with van der Waals surface area (Å²) < 4.78 is 18.4. The van der Waals surface area contributed by atoms with E-state index in [4.69, 9.17) is 16.0 Å². The first-order chi connectivity index (χ1) is 11.5. The summed E-state index contributed by atoms with van der Waals surface area (Å²) >= 11 is 6.14. The Morgan fingerprint density at radius 3 is 2.42 bits per heavy atom. The predicted octanol–water partition coefficient (Wildman–Crippen LogP) is 4.52. The van der Waals surface area contributed by atoms with Gasteiger partial charge in [0.2, 0.25) is 5.89 Å². The van der Waals surface area contributed by atoms with Gasteiger partial charge in [0.15, 0.2) is 0 Å². The molecule has 0 saturated carbocycles. The quantitative estimate of drug-likeness (QED) is 0.513. The van der Waals surface area contributed by atoms with Crippen LogP contribution in [0, 0.1) is 15.9 Å². The van der Waals surface area contributed by atoms with Crippen molar-refractivity contribution < 1.29 is 13.7 Å². The van der Waals surface area contributed by atoms with E-state index in [0.29, 0.717) is 11.1 Å². The molecule has 6 nitrogen and oxygen atoms in total. The van der Waals surface area contributed by atoms with Crippen molar-refractivity contribution in [1.29, 1.82) is 0 Å². The molecule has 0 radical (unpaired) electrons. The SMILES string of the molecule is O=[N+]([O-])c1ccc(/C=C(\Cl)c2nnc(-c3ccc(F)cc3)o2)cc1. The number of hydrogen-bond donors (Lipinski definition) is 0. The van der Waals surface area contributed by atoms with Crippen molar-refractivity contribution >= 4 is 28.4 Å². The summed E-state index contributed by atoms with van der Waals surface area (Å²) in [6.45, 7) is 0. The van der Waals surface area contributed by atoms with Gasteiger partial charge in [-0.05, 0) is 48.0 Å². The fourth-order valence-electron chi connectivity index (χ4n) is 1.93. The summed E-state index contributed by atoms with van der Waals surface area (Å²) in [5.74, 6) is -0.0656. The second kappa shape index (κ2) is 6.59. The second-order valence-electron chi connectivity index (χ2n) is 4.76. The summed E-state index contributed by atoms with van der Waals surface area (Å²) in [6.07, 6.45) is 1.55. The highest BCUT2D eigenvalue weighted by Crippen LogP contribution is 2.25. The Labute approximate surface area is 140 Å². The zero-order chi connectivity index (χ0) is 17.1. The Morgan fingerprint density at radius 1 is 1.12 bits per heavy atom. The molecule has 120 valence electrons. The van der Waals surface area contributed by atoms with E-state index in [1.165, 1.54) is 36.4 Å². The number of rotatable bonds is 4. The highest BCUT2D eigenvalue weighted by molar-refractivity contribution is 6.50. The average molecular weight is 346 g/mol. The van der Waals surface area contributed by atoms with Gasteiger partial charge in [0, 0.05) is 17.7 Å². The summed E-state index contributed by atoms with van der Waals surface area (Å²) in [4.78, 5) is 10.1. The molecule has 2 aromatic carbocycles. The molecule has 0 amide bonds. The Hall–Kier alpha value is -3.06. The minimum Gasteiger partial charge on any atom is -0.415 e. The van der Waals surface area contributed by atoms with Gasteiger partial charge in [-0.3, -0.25) is 10.1 Å². The predicted molar refractivity (Wildman–Crippen MR) is 86.5 cm³/mol. The fourth-order valence-corrected chi connectivity index (χ4v) is 2.13. The van der Waals surface area contributed by atoms with Crippen LogP contribution in [0.25, 0.3) is 22.6 Å². The largest absolute Gasteiger partial charge is 0.415 e. The Bertz CT molecular complexity index is 905. The van der Waals surface area contributed by atoms with Crippen molar-refractivity contribution in [1.82, 2.24) is 10.2 Å². The van der Waals surface area contributed by atoms with E-state index in [0.717, 1.165) is 0 Å². The standard InChI is InChI=1S/C16H9ClFN3O3/c17-14(9-10-1-7-13(8-2-10)21(22)23)16-20-19-15(24-16)11-3-5-12(18)6-4-11/h1-9H/b14-9-. The van der Waals surface area contributed by atoms with Gasteiger partial charge in [-0.1, -0.05) is 11.6 Å². The van der Waals surface area contributed by atoms with Crippen molar-refractivity contribution in [3.63, 3.8) is 0 Å². The molecular weight excluding hydrogens is 337 g/mol. The molecular formula is C16H9ClFN3O3. The number of aromatic nitrogens is 2.